The van der Waals surface area contributed by atoms with Gasteiger partial charge in [-0.2, -0.15) is 4.31 Å². The van der Waals surface area contributed by atoms with Crippen molar-refractivity contribution < 1.29 is 13.2 Å². The number of carbonyl (C=O) groups excluding carboxylic acids is 1. The number of nitrogens with one attached hydrogen (secondary N) is 2. The largest absolute Gasteiger partial charge is 0.329 e. The highest BCUT2D eigenvalue weighted by Gasteiger charge is 2.29. The van der Waals surface area contributed by atoms with E-state index in [-0.39, 0.29) is 4.90 Å². The van der Waals surface area contributed by atoms with E-state index in [1.165, 1.54) is 22.1 Å². The topological polar surface area (TPSA) is 78.5 Å². The molecular weight excluding hydrogens is 573 g/mol. The molecule has 6 nitrogen and oxygen atoms in total. The maximum absolute atomic E-state index is 13.2. The Morgan fingerprint density at radius 1 is 0.946 bits per heavy atom. The van der Waals surface area contributed by atoms with Gasteiger partial charge >= 0.3 is 6.03 Å². The molecular formula is C26H28Cl3N3O3S2. The lowest BCUT2D eigenvalue weighted by molar-refractivity contribution is 0.242. The van der Waals surface area contributed by atoms with Gasteiger partial charge in [0.05, 0.1) is 16.1 Å². The molecule has 11 heteroatoms. The van der Waals surface area contributed by atoms with Crippen LogP contribution in [0, 0.1) is 0 Å². The van der Waals surface area contributed by atoms with Crippen molar-refractivity contribution >= 4 is 68.3 Å². The van der Waals surface area contributed by atoms with Crippen LogP contribution >= 0.6 is 46.6 Å². The Balaban J connectivity index is 1.98. The summed E-state index contributed by atoms with van der Waals surface area (Å²) in [5, 5.41) is 7.17. The fraction of sp³-hybridized carbons (Fsp3) is 0.269. The number of rotatable bonds is 9. The van der Waals surface area contributed by atoms with Gasteiger partial charge in [-0.15, -0.1) is 0 Å². The number of sulfonamides is 1. The van der Waals surface area contributed by atoms with E-state index < -0.39 is 21.6 Å². The van der Waals surface area contributed by atoms with Gasteiger partial charge in [-0.3, -0.25) is 0 Å². The zero-order valence-electron chi connectivity index (χ0n) is 20.8. The standard InChI is InChI=1S/C26H28Cl3N3O3S2/c1-5-32(6-2)37(34,35)19-14-15-23(36-18-12-10-17(27)11-13-18)22(16-19)30-25(33)31-26(3,4)24-20(28)8-7-9-21(24)29/h7-16H,5-6H2,1-4H3,(H2,30,31,33). The number of hydrogen-bond donors (Lipinski definition) is 2. The van der Waals surface area contributed by atoms with Crippen LogP contribution in [0.15, 0.2) is 75.4 Å². The number of nitrogens with zero attached hydrogens (tertiary/aromatic N) is 1. The molecule has 0 fully saturated rings. The summed E-state index contributed by atoms with van der Waals surface area (Å²) in [6.07, 6.45) is 0. The molecule has 3 aromatic rings. The normalized spacial score (nSPS) is 12.0. The van der Waals surface area contributed by atoms with Crippen molar-refractivity contribution in [3.05, 3.63) is 81.3 Å². The van der Waals surface area contributed by atoms with E-state index in [1.54, 1.807) is 70.2 Å². The fourth-order valence-corrected chi connectivity index (χ4v) is 7.16. The first-order valence-electron chi connectivity index (χ1n) is 11.5. The molecule has 0 saturated carbocycles. The van der Waals surface area contributed by atoms with Gasteiger partial charge in [0.15, 0.2) is 0 Å². The van der Waals surface area contributed by atoms with Crippen LogP contribution in [0.3, 0.4) is 0 Å². The molecule has 0 aliphatic carbocycles. The van der Waals surface area contributed by atoms with Crippen molar-refractivity contribution in [2.45, 2.75) is 47.9 Å². The molecule has 0 radical (unpaired) electrons. The number of carbonyl (C=O) groups is 1. The Morgan fingerprint density at radius 3 is 2.11 bits per heavy atom. The fourth-order valence-electron chi connectivity index (χ4n) is 3.79. The monoisotopic (exact) mass is 599 g/mol. The third-order valence-corrected chi connectivity index (χ3v) is 9.61. The van der Waals surface area contributed by atoms with Gasteiger partial charge in [-0.25, -0.2) is 13.2 Å². The molecule has 2 N–H and O–H groups in total. The molecule has 0 atom stereocenters. The van der Waals surface area contributed by atoms with Crippen molar-refractivity contribution in [2.24, 2.45) is 0 Å². The lowest BCUT2D eigenvalue weighted by Gasteiger charge is -2.29. The summed E-state index contributed by atoms with van der Waals surface area (Å²) in [6.45, 7) is 7.78. The second-order valence-corrected chi connectivity index (χ2v) is 12.9. The van der Waals surface area contributed by atoms with Crippen molar-refractivity contribution in [1.82, 2.24) is 9.62 Å². The summed E-state index contributed by atoms with van der Waals surface area (Å²) >= 11 is 20.1. The third-order valence-electron chi connectivity index (χ3n) is 5.60. The molecule has 0 aromatic heterocycles. The number of halogens is 3. The number of amides is 2. The second kappa shape index (κ2) is 12.3. The first-order chi connectivity index (χ1) is 17.4. The van der Waals surface area contributed by atoms with Crippen LogP contribution in [0.1, 0.15) is 33.3 Å². The molecule has 2 amide bonds. The summed E-state index contributed by atoms with van der Waals surface area (Å²) in [4.78, 5) is 14.8. The van der Waals surface area contributed by atoms with Gasteiger partial charge in [0.1, 0.15) is 0 Å². The minimum Gasteiger partial charge on any atom is -0.329 e. The van der Waals surface area contributed by atoms with Crippen LogP contribution in [0.5, 0.6) is 0 Å². The number of hydrogen-bond acceptors (Lipinski definition) is 4. The molecule has 0 spiro atoms. The minimum atomic E-state index is -3.74. The smallest absolute Gasteiger partial charge is 0.319 e. The van der Waals surface area contributed by atoms with E-state index in [9.17, 15) is 13.2 Å². The van der Waals surface area contributed by atoms with Crippen LogP contribution in [0.25, 0.3) is 0 Å². The summed E-state index contributed by atoms with van der Waals surface area (Å²) in [5.41, 5.74) is -0.0117. The van der Waals surface area contributed by atoms with Gasteiger partial charge < -0.3 is 10.6 Å². The van der Waals surface area contributed by atoms with E-state index in [4.69, 9.17) is 34.8 Å². The Bertz CT molecular complexity index is 1360. The molecule has 0 aliphatic rings. The Labute approximate surface area is 237 Å². The highest BCUT2D eigenvalue weighted by atomic mass is 35.5. The Morgan fingerprint density at radius 2 is 1.54 bits per heavy atom. The van der Waals surface area contributed by atoms with E-state index in [2.05, 4.69) is 10.6 Å². The highest BCUT2D eigenvalue weighted by molar-refractivity contribution is 7.99. The number of urea groups is 1. The molecule has 0 bridgehead atoms. The SMILES string of the molecule is CCN(CC)S(=O)(=O)c1ccc(Sc2ccc(Cl)cc2)c(NC(=O)NC(C)(C)c2c(Cl)cccc2Cl)c1. The van der Waals surface area contributed by atoms with Crippen molar-refractivity contribution in [3.8, 4) is 0 Å². The van der Waals surface area contributed by atoms with Crippen molar-refractivity contribution in [1.29, 1.82) is 0 Å². The molecule has 0 heterocycles. The van der Waals surface area contributed by atoms with Gasteiger partial charge in [0.2, 0.25) is 10.0 Å². The van der Waals surface area contributed by atoms with E-state index in [0.717, 1.165) is 4.90 Å². The van der Waals surface area contributed by atoms with Gasteiger partial charge in [0, 0.05) is 43.5 Å². The number of benzene rings is 3. The summed E-state index contributed by atoms with van der Waals surface area (Å²) in [5.74, 6) is 0. The van der Waals surface area contributed by atoms with E-state index in [0.29, 0.717) is 44.3 Å². The average molecular weight is 601 g/mol. The predicted molar refractivity (Wildman–Crippen MR) is 154 cm³/mol. The first kappa shape index (κ1) is 29.6. The third kappa shape index (κ3) is 7.13. The van der Waals surface area contributed by atoms with Crippen LogP contribution in [-0.4, -0.2) is 31.8 Å². The lowest BCUT2D eigenvalue weighted by atomic mass is 9.94. The molecule has 198 valence electrons. The zero-order chi connectivity index (χ0) is 27.4. The molecule has 0 unspecified atom stereocenters. The minimum absolute atomic E-state index is 0.0837. The molecule has 0 aliphatic heterocycles. The van der Waals surface area contributed by atoms with Crippen LogP contribution in [-0.2, 0) is 15.6 Å². The van der Waals surface area contributed by atoms with E-state index in [1.807, 2.05) is 12.1 Å². The quantitative estimate of drug-likeness (QED) is 0.262. The second-order valence-electron chi connectivity index (χ2n) is 8.60. The van der Waals surface area contributed by atoms with Crippen molar-refractivity contribution in [2.75, 3.05) is 18.4 Å². The van der Waals surface area contributed by atoms with Crippen LogP contribution < -0.4 is 10.6 Å². The van der Waals surface area contributed by atoms with Crippen LogP contribution in [0.4, 0.5) is 10.5 Å². The summed E-state index contributed by atoms with van der Waals surface area (Å²) in [7, 11) is -3.74. The van der Waals surface area contributed by atoms with Crippen LogP contribution in [0.2, 0.25) is 15.1 Å². The highest BCUT2D eigenvalue weighted by Crippen LogP contribution is 2.37. The van der Waals surface area contributed by atoms with Gasteiger partial charge in [-0.05, 0) is 68.4 Å². The van der Waals surface area contributed by atoms with E-state index >= 15 is 0 Å². The Hall–Kier alpha value is -1.94. The molecule has 3 rings (SSSR count). The summed E-state index contributed by atoms with van der Waals surface area (Å²) < 4.78 is 27.7. The lowest BCUT2D eigenvalue weighted by Crippen LogP contribution is -2.43. The molecule has 37 heavy (non-hydrogen) atoms. The first-order valence-corrected chi connectivity index (χ1v) is 14.9. The maximum Gasteiger partial charge on any atom is 0.319 e. The summed E-state index contributed by atoms with van der Waals surface area (Å²) in [6, 6.07) is 16.5. The number of anilines is 1. The average Bonchev–Trinajstić information content (AvgIpc) is 2.81. The molecule has 0 saturated heterocycles. The molecule has 3 aromatic carbocycles. The van der Waals surface area contributed by atoms with Gasteiger partial charge in [-0.1, -0.05) is 66.5 Å². The van der Waals surface area contributed by atoms with Crippen molar-refractivity contribution in [3.63, 3.8) is 0 Å². The van der Waals surface area contributed by atoms with Gasteiger partial charge in [0.25, 0.3) is 0 Å². The Kier molecular flexibility index (Phi) is 9.83. The zero-order valence-corrected chi connectivity index (χ0v) is 24.7. The predicted octanol–water partition coefficient (Wildman–Crippen LogP) is 7.89. The maximum atomic E-state index is 13.2.